The predicted molar refractivity (Wildman–Crippen MR) is 105 cm³/mol. The molecule has 5 nitrogen and oxygen atoms in total. The second-order valence-electron chi connectivity index (χ2n) is 6.37. The SMILES string of the molecule is Cc1nc(Nc2ccccc2)cc(C(=O)Nc2ccccc2C(C)C)n1. The number of rotatable bonds is 5. The zero-order valence-corrected chi connectivity index (χ0v) is 15.2. The molecule has 1 aromatic heterocycles. The Labute approximate surface area is 153 Å². The molecular formula is C21H22N4O. The fraction of sp³-hybridized carbons (Fsp3) is 0.190. The van der Waals surface area contributed by atoms with Gasteiger partial charge in [0, 0.05) is 17.4 Å². The minimum atomic E-state index is -0.250. The van der Waals surface area contributed by atoms with Crippen LogP contribution in [0, 0.1) is 6.92 Å². The van der Waals surface area contributed by atoms with E-state index in [1.165, 1.54) is 0 Å². The molecule has 0 aliphatic heterocycles. The molecule has 0 aliphatic carbocycles. The van der Waals surface area contributed by atoms with Gasteiger partial charge in [-0.15, -0.1) is 0 Å². The number of nitrogens with zero attached hydrogens (tertiary/aromatic N) is 2. The quantitative estimate of drug-likeness (QED) is 0.689. The first-order chi connectivity index (χ1) is 12.5. The van der Waals surface area contributed by atoms with Gasteiger partial charge in [-0.2, -0.15) is 0 Å². The molecule has 2 aromatic carbocycles. The van der Waals surface area contributed by atoms with Gasteiger partial charge in [-0.3, -0.25) is 4.79 Å². The molecule has 0 saturated heterocycles. The highest BCUT2D eigenvalue weighted by molar-refractivity contribution is 6.03. The molecule has 1 amide bonds. The highest BCUT2D eigenvalue weighted by Crippen LogP contribution is 2.24. The molecule has 3 aromatic rings. The maximum atomic E-state index is 12.7. The fourth-order valence-electron chi connectivity index (χ4n) is 2.72. The van der Waals surface area contributed by atoms with Gasteiger partial charge in [0.2, 0.25) is 0 Å². The number of para-hydroxylation sites is 2. The number of amides is 1. The Bertz CT molecular complexity index is 907. The van der Waals surface area contributed by atoms with E-state index in [1.54, 1.807) is 13.0 Å². The molecule has 0 aliphatic rings. The zero-order chi connectivity index (χ0) is 18.5. The summed E-state index contributed by atoms with van der Waals surface area (Å²) in [4.78, 5) is 21.4. The lowest BCUT2D eigenvalue weighted by Gasteiger charge is -2.14. The summed E-state index contributed by atoms with van der Waals surface area (Å²) < 4.78 is 0. The first kappa shape index (κ1) is 17.6. The van der Waals surface area contributed by atoms with Crippen molar-refractivity contribution in [2.45, 2.75) is 26.7 Å². The summed E-state index contributed by atoms with van der Waals surface area (Å²) in [5.74, 6) is 1.19. The molecule has 0 radical (unpaired) electrons. The number of aromatic nitrogens is 2. The third-order valence-corrected chi connectivity index (χ3v) is 3.95. The van der Waals surface area contributed by atoms with Crippen LogP contribution in [0.4, 0.5) is 17.2 Å². The van der Waals surface area contributed by atoms with Crippen LogP contribution in [0.25, 0.3) is 0 Å². The molecule has 3 rings (SSSR count). The average molecular weight is 346 g/mol. The Morgan fingerprint density at radius 3 is 2.38 bits per heavy atom. The molecule has 0 saturated carbocycles. The van der Waals surface area contributed by atoms with Crippen LogP contribution in [0.3, 0.4) is 0 Å². The Balaban J connectivity index is 1.84. The normalized spacial score (nSPS) is 10.6. The van der Waals surface area contributed by atoms with Crippen LogP contribution in [0.2, 0.25) is 0 Å². The van der Waals surface area contributed by atoms with Gasteiger partial charge in [-0.05, 0) is 36.6 Å². The second-order valence-corrected chi connectivity index (χ2v) is 6.37. The number of hydrogen-bond acceptors (Lipinski definition) is 4. The van der Waals surface area contributed by atoms with Gasteiger partial charge in [0.25, 0.3) is 5.91 Å². The van der Waals surface area contributed by atoms with E-state index < -0.39 is 0 Å². The summed E-state index contributed by atoms with van der Waals surface area (Å²) in [5.41, 5.74) is 3.13. The average Bonchev–Trinajstić information content (AvgIpc) is 2.62. The molecule has 132 valence electrons. The van der Waals surface area contributed by atoms with E-state index in [-0.39, 0.29) is 5.91 Å². The van der Waals surface area contributed by atoms with E-state index in [2.05, 4.69) is 34.4 Å². The first-order valence-electron chi connectivity index (χ1n) is 8.61. The lowest BCUT2D eigenvalue weighted by molar-refractivity contribution is 0.102. The van der Waals surface area contributed by atoms with E-state index in [0.29, 0.717) is 23.3 Å². The van der Waals surface area contributed by atoms with Gasteiger partial charge in [0.15, 0.2) is 0 Å². The first-order valence-corrected chi connectivity index (χ1v) is 8.61. The lowest BCUT2D eigenvalue weighted by Crippen LogP contribution is -2.16. The van der Waals surface area contributed by atoms with Crippen LogP contribution < -0.4 is 10.6 Å². The summed E-state index contributed by atoms with van der Waals surface area (Å²) in [6.45, 7) is 5.97. The number of benzene rings is 2. The second kappa shape index (κ2) is 7.78. The smallest absolute Gasteiger partial charge is 0.274 e. The van der Waals surface area contributed by atoms with Crippen molar-refractivity contribution in [1.82, 2.24) is 9.97 Å². The van der Waals surface area contributed by atoms with Crippen molar-refractivity contribution in [3.63, 3.8) is 0 Å². The van der Waals surface area contributed by atoms with E-state index >= 15 is 0 Å². The molecular weight excluding hydrogens is 324 g/mol. The van der Waals surface area contributed by atoms with Gasteiger partial charge < -0.3 is 10.6 Å². The summed E-state index contributed by atoms with van der Waals surface area (Å²) in [5, 5.41) is 6.17. The fourth-order valence-corrected chi connectivity index (χ4v) is 2.72. The monoisotopic (exact) mass is 346 g/mol. The van der Waals surface area contributed by atoms with Crippen LogP contribution >= 0.6 is 0 Å². The van der Waals surface area contributed by atoms with Crippen LogP contribution in [0.15, 0.2) is 60.7 Å². The Kier molecular flexibility index (Phi) is 5.27. The molecule has 1 heterocycles. The molecule has 0 bridgehead atoms. The Hall–Kier alpha value is -3.21. The number of aryl methyl sites for hydroxylation is 1. The van der Waals surface area contributed by atoms with Crippen molar-refractivity contribution in [2.24, 2.45) is 0 Å². The van der Waals surface area contributed by atoms with Gasteiger partial charge >= 0.3 is 0 Å². The highest BCUT2D eigenvalue weighted by Gasteiger charge is 2.14. The van der Waals surface area contributed by atoms with Gasteiger partial charge in [-0.25, -0.2) is 9.97 Å². The van der Waals surface area contributed by atoms with Gasteiger partial charge in [0.1, 0.15) is 17.3 Å². The Morgan fingerprint density at radius 2 is 1.65 bits per heavy atom. The summed E-state index contributed by atoms with van der Waals surface area (Å²) >= 11 is 0. The van der Waals surface area contributed by atoms with Gasteiger partial charge in [0.05, 0.1) is 0 Å². The van der Waals surface area contributed by atoms with Crippen LogP contribution in [0.1, 0.15) is 41.6 Å². The summed E-state index contributed by atoms with van der Waals surface area (Å²) in [6.07, 6.45) is 0. The molecule has 0 unspecified atom stereocenters. The van der Waals surface area contributed by atoms with Crippen LogP contribution in [0.5, 0.6) is 0 Å². The minimum Gasteiger partial charge on any atom is -0.340 e. The maximum absolute atomic E-state index is 12.7. The molecule has 0 fully saturated rings. The van der Waals surface area contributed by atoms with Crippen LogP contribution in [-0.4, -0.2) is 15.9 Å². The molecule has 0 spiro atoms. The van der Waals surface area contributed by atoms with E-state index in [4.69, 9.17) is 0 Å². The molecule has 0 atom stereocenters. The van der Waals surface area contributed by atoms with E-state index in [0.717, 1.165) is 16.9 Å². The van der Waals surface area contributed by atoms with E-state index in [9.17, 15) is 4.79 Å². The molecule has 2 N–H and O–H groups in total. The van der Waals surface area contributed by atoms with Crippen molar-refractivity contribution in [3.05, 3.63) is 77.7 Å². The number of anilines is 3. The largest absolute Gasteiger partial charge is 0.340 e. The minimum absolute atomic E-state index is 0.250. The number of hydrogen-bond donors (Lipinski definition) is 2. The van der Waals surface area contributed by atoms with Gasteiger partial charge in [-0.1, -0.05) is 50.2 Å². The zero-order valence-electron chi connectivity index (χ0n) is 15.2. The molecule has 5 heteroatoms. The highest BCUT2D eigenvalue weighted by atomic mass is 16.1. The third-order valence-electron chi connectivity index (χ3n) is 3.95. The standard InChI is InChI=1S/C21H22N4O/c1-14(2)17-11-7-8-12-18(17)25-21(26)19-13-20(23-15(3)22-19)24-16-9-5-4-6-10-16/h4-14H,1-3H3,(H,25,26)(H,22,23,24). The predicted octanol–water partition coefficient (Wildman–Crippen LogP) is 4.90. The van der Waals surface area contributed by atoms with Crippen molar-refractivity contribution >= 4 is 23.1 Å². The van der Waals surface area contributed by atoms with E-state index in [1.807, 2.05) is 54.6 Å². The third kappa shape index (κ3) is 4.25. The van der Waals surface area contributed by atoms with Crippen molar-refractivity contribution < 1.29 is 4.79 Å². The van der Waals surface area contributed by atoms with Crippen LogP contribution in [-0.2, 0) is 0 Å². The summed E-state index contributed by atoms with van der Waals surface area (Å²) in [6, 6.07) is 19.2. The maximum Gasteiger partial charge on any atom is 0.274 e. The topological polar surface area (TPSA) is 66.9 Å². The van der Waals surface area contributed by atoms with Crippen molar-refractivity contribution in [2.75, 3.05) is 10.6 Å². The lowest BCUT2D eigenvalue weighted by atomic mass is 10.0. The van der Waals surface area contributed by atoms with Crippen molar-refractivity contribution in [1.29, 1.82) is 0 Å². The number of carbonyl (C=O) groups excluding carboxylic acids is 1. The molecule has 26 heavy (non-hydrogen) atoms. The van der Waals surface area contributed by atoms with Crippen molar-refractivity contribution in [3.8, 4) is 0 Å². The summed E-state index contributed by atoms with van der Waals surface area (Å²) in [7, 11) is 0. The number of carbonyl (C=O) groups is 1. The Morgan fingerprint density at radius 1 is 0.962 bits per heavy atom. The number of nitrogens with one attached hydrogen (secondary N) is 2.